The second kappa shape index (κ2) is 7.35. The van der Waals surface area contributed by atoms with E-state index in [9.17, 15) is 14.0 Å². The van der Waals surface area contributed by atoms with Crippen molar-refractivity contribution >= 4 is 39.1 Å². The van der Waals surface area contributed by atoms with Gasteiger partial charge in [0.25, 0.3) is 0 Å². The molecule has 1 aliphatic rings. The average molecular weight is 405 g/mol. The molecule has 25 heavy (non-hydrogen) atoms. The molecule has 1 aliphatic heterocycles. The molecule has 0 radical (unpaired) electrons. The van der Waals surface area contributed by atoms with Crippen molar-refractivity contribution in [3.05, 3.63) is 58.3 Å². The Bertz CT molecular complexity index is 808. The van der Waals surface area contributed by atoms with E-state index in [-0.39, 0.29) is 23.9 Å². The molecule has 0 saturated carbocycles. The van der Waals surface area contributed by atoms with Gasteiger partial charge in [-0.25, -0.2) is 4.39 Å². The lowest BCUT2D eigenvalue weighted by molar-refractivity contribution is -0.122. The van der Waals surface area contributed by atoms with Crippen molar-refractivity contribution in [3.63, 3.8) is 0 Å². The lowest BCUT2D eigenvalue weighted by Gasteiger charge is -2.17. The molecule has 1 N–H and O–H groups in total. The van der Waals surface area contributed by atoms with Crippen LogP contribution in [0, 0.1) is 11.7 Å². The summed E-state index contributed by atoms with van der Waals surface area (Å²) in [6.45, 7) is 2.37. The first-order valence-electron chi connectivity index (χ1n) is 8.13. The van der Waals surface area contributed by atoms with Crippen molar-refractivity contribution < 1.29 is 14.0 Å². The monoisotopic (exact) mass is 404 g/mol. The molecule has 0 bridgehead atoms. The number of benzene rings is 2. The molecule has 4 nitrogen and oxygen atoms in total. The number of hydrogen-bond donors (Lipinski definition) is 1. The highest BCUT2D eigenvalue weighted by Gasteiger charge is 2.35. The van der Waals surface area contributed by atoms with E-state index >= 15 is 0 Å². The molecule has 1 heterocycles. The van der Waals surface area contributed by atoms with Gasteiger partial charge in [0.2, 0.25) is 11.8 Å². The molecular weight excluding hydrogens is 387 g/mol. The van der Waals surface area contributed by atoms with Crippen LogP contribution in [0.25, 0.3) is 0 Å². The molecule has 1 fully saturated rings. The molecule has 130 valence electrons. The van der Waals surface area contributed by atoms with Crippen LogP contribution in [0.15, 0.2) is 46.9 Å². The summed E-state index contributed by atoms with van der Waals surface area (Å²) in [4.78, 5) is 26.3. The molecule has 0 aromatic heterocycles. The van der Waals surface area contributed by atoms with Gasteiger partial charge in [-0.1, -0.05) is 35.0 Å². The summed E-state index contributed by atoms with van der Waals surface area (Å²) in [7, 11) is 0. The van der Waals surface area contributed by atoms with Crippen LogP contribution in [0.1, 0.15) is 18.9 Å². The maximum atomic E-state index is 13.9. The number of aryl methyl sites for hydroxylation is 1. The van der Waals surface area contributed by atoms with Gasteiger partial charge in [0.1, 0.15) is 5.82 Å². The van der Waals surface area contributed by atoms with Gasteiger partial charge in [-0.3, -0.25) is 9.59 Å². The minimum absolute atomic E-state index is 0.0966. The highest BCUT2D eigenvalue weighted by molar-refractivity contribution is 9.10. The highest BCUT2D eigenvalue weighted by Crippen LogP contribution is 2.27. The maximum absolute atomic E-state index is 13.9. The molecule has 0 aliphatic carbocycles. The number of amides is 2. The van der Waals surface area contributed by atoms with E-state index in [0.29, 0.717) is 11.0 Å². The Balaban J connectivity index is 1.69. The summed E-state index contributed by atoms with van der Waals surface area (Å²) in [5, 5.41) is 2.58. The van der Waals surface area contributed by atoms with Crippen LogP contribution < -0.4 is 10.2 Å². The first-order valence-corrected chi connectivity index (χ1v) is 8.92. The van der Waals surface area contributed by atoms with E-state index in [1.165, 1.54) is 17.7 Å². The number of rotatable bonds is 4. The molecule has 2 amide bonds. The summed E-state index contributed by atoms with van der Waals surface area (Å²) < 4.78 is 14.5. The van der Waals surface area contributed by atoms with Gasteiger partial charge in [0.15, 0.2) is 0 Å². The Labute approximate surface area is 154 Å². The van der Waals surface area contributed by atoms with E-state index in [1.807, 2.05) is 24.3 Å². The van der Waals surface area contributed by atoms with Crippen LogP contribution in [0.2, 0.25) is 0 Å². The average Bonchev–Trinajstić information content (AvgIpc) is 2.99. The van der Waals surface area contributed by atoms with E-state index in [0.717, 1.165) is 12.1 Å². The SMILES string of the molecule is CCc1ccc(N2C[C@H](C(=O)Nc3ccc(Br)cc3F)CC2=O)cc1. The largest absolute Gasteiger partial charge is 0.323 e. The minimum atomic E-state index is -0.515. The lowest BCUT2D eigenvalue weighted by atomic mass is 10.1. The zero-order valence-electron chi connectivity index (χ0n) is 13.8. The molecule has 3 rings (SSSR count). The molecule has 2 aromatic rings. The number of carbonyl (C=O) groups is 2. The number of carbonyl (C=O) groups excluding carboxylic acids is 2. The van der Waals surface area contributed by atoms with Gasteiger partial charge in [-0.05, 0) is 42.3 Å². The number of anilines is 2. The van der Waals surface area contributed by atoms with Gasteiger partial charge >= 0.3 is 0 Å². The molecular formula is C19H18BrFN2O2. The lowest BCUT2D eigenvalue weighted by Crippen LogP contribution is -2.28. The van der Waals surface area contributed by atoms with Gasteiger partial charge in [0, 0.05) is 23.1 Å². The van der Waals surface area contributed by atoms with E-state index in [1.54, 1.807) is 11.0 Å². The van der Waals surface area contributed by atoms with Crippen molar-refractivity contribution in [2.24, 2.45) is 5.92 Å². The number of nitrogens with zero attached hydrogens (tertiary/aromatic N) is 1. The molecule has 6 heteroatoms. The third-order valence-electron chi connectivity index (χ3n) is 4.34. The van der Waals surface area contributed by atoms with Crippen molar-refractivity contribution in [1.29, 1.82) is 0 Å². The van der Waals surface area contributed by atoms with Crippen LogP contribution in [0.5, 0.6) is 0 Å². The predicted octanol–water partition coefficient (Wildman–Crippen LogP) is 4.14. The Kier molecular flexibility index (Phi) is 5.18. The van der Waals surface area contributed by atoms with Gasteiger partial charge < -0.3 is 10.2 Å². The van der Waals surface area contributed by atoms with Crippen molar-refractivity contribution in [2.45, 2.75) is 19.8 Å². The summed E-state index contributed by atoms with van der Waals surface area (Å²) in [5.41, 5.74) is 2.09. The van der Waals surface area contributed by atoms with E-state index < -0.39 is 11.7 Å². The maximum Gasteiger partial charge on any atom is 0.229 e. The highest BCUT2D eigenvalue weighted by atomic mass is 79.9. The van der Waals surface area contributed by atoms with Crippen LogP contribution in [0.4, 0.5) is 15.8 Å². The van der Waals surface area contributed by atoms with Crippen LogP contribution in [0.3, 0.4) is 0 Å². The third-order valence-corrected chi connectivity index (χ3v) is 4.83. The zero-order chi connectivity index (χ0) is 18.0. The first kappa shape index (κ1) is 17.6. The quantitative estimate of drug-likeness (QED) is 0.831. The Morgan fingerprint density at radius 3 is 2.64 bits per heavy atom. The summed E-state index contributed by atoms with van der Waals surface area (Å²) in [6.07, 6.45) is 1.05. The number of hydrogen-bond acceptors (Lipinski definition) is 2. The normalized spacial score (nSPS) is 17.0. The fraction of sp³-hybridized carbons (Fsp3) is 0.263. The van der Waals surface area contributed by atoms with Gasteiger partial charge in [-0.2, -0.15) is 0 Å². The van der Waals surface area contributed by atoms with Crippen molar-refractivity contribution in [1.82, 2.24) is 0 Å². The Morgan fingerprint density at radius 1 is 1.28 bits per heavy atom. The second-order valence-electron chi connectivity index (χ2n) is 6.04. The zero-order valence-corrected chi connectivity index (χ0v) is 15.3. The summed E-state index contributed by atoms with van der Waals surface area (Å²) in [5.74, 6) is -1.46. The van der Waals surface area contributed by atoms with Crippen LogP contribution >= 0.6 is 15.9 Å². The summed E-state index contributed by atoms with van der Waals surface area (Å²) in [6, 6.07) is 12.2. The molecule has 0 unspecified atom stereocenters. The topological polar surface area (TPSA) is 49.4 Å². The van der Waals surface area contributed by atoms with E-state index in [4.69, 9.17) is 0 Å². The molecule has 1 atom stereocenters. The molecule has 0 spiro atoms. The third kappa shape index (κ3) is 3.90. The predicted molar refractivity (Wildman–Crippen MR) is 99.0 cm³/mol. The van der Waals surface area contributed by atoms with Crippen LogP contribution in [-0.4, -0.2) is 18.4 Å². The first-order chi connectivity index (χ1) is 12.0. The van der Waals surface area contributed by atoms with Crippen LogP contribution in [-0.2, 0) is 16.0 Å². The number of halogens is 2. The van der Waals surface area contributed by atoms with Gasteiger partial charge in [0.05, 0.1) is 11.6 Å². The fourth-order valence-electron chi connectivity index (χ4n) is 2.87. The minimum Gasteiger partial charge on any atom is -0.323 e. The summed E-state index contributed by atoms with van der Waals surface area (Å²) >= 11 is 3.18. The van der Waals surface area contributed by atoms with Crippen molar-refractivity contribution in [3.8, 4) is 0 Å². The smallest absolute Gasteiger partial charge is 0.229 e. The molecule has 1 saturated heterocycles. The number of nitrogens with one attached hydrogen (secondary N) is 1. The fourth-order valence-corrected chi connectivity index (χ4v) is 3.20. The van der Waals surface area contributed by atoms with E-state index in [2.05, 4.69) is 28.2 Å². The Morgan fingerprint density at radius 2 is 2.00 bits per heavy atom. The molecule has 2 aromatic carbocycles. The Hall–Kier alpha value is -2.21. The second-order valence-corrected chi connectivity index (χ2v) is 6.95. The van der Waals surface area contributed by atoms with Crippen molar-refractivity contribution in [2.75, 3.05) is 16.8 Å². The standard InChI is InChI=1S/C19H18BrFN2O2/c1-2-12-3-6-15(7-4-12)23-11-13(9-18(23)24)19(25)22-17-8-5-14(20)10-16(17)21/h3-8,10,13H,2,9,11H2,1H3,(H,22,25)/t13-/m1/s1. The van der Waals surface area contributed by atoms with Gasteiger partial charge in [-0.15, -0.1) is 0 Å².